The molecule has 4 nitrogen and oxygen atoms in total. The Bertz CT molecular complexity index is 613. The lowest BCUT2D eigenvalue weighted by atomic mass is 10.1. The van der Waals surface area contributed by atoms with Crippen molar-refractivity contribution in [3.63, 3.8) is 0 Å². The van der Waals surface area contributed by atoms with Gasteiger partial charge in [0.05, 0.1) is 5.52 Å². The van der Waals surface area contributed by atoms with Crippen molar-refractivity contribution in [2.24, 2.45) is 7.05 Å². The van der Waals surface area contributed by atoms with Gasteiger partial charge in [0.15, 0.2) is 17.8 Å². The molecule has 0 amide bonds. The van der Waals surface area contributed by atoms with E-state index in [9.17, 15) is 4.79 Å². The van der Waals surface area contributed by atoms with Gasteiger partial charge in [-0.15, -0.1) is 0 Å². The number of benzene rings is 1. The minimum Gasteiger partial charge on any atom is -0.486 e. The number of ether oxygens (including phenoxy) is 2. The van der Waals surface area contributed by atoms with Crippen LogP contribution in [0.3, 0.4) is 0 Å². The summed E-state index contributed by atoms with van der Waals surface area (Å²) in [4.78, 5) is 11.1. The van der Waals surface area contributed by atoms with Gasteiger partial charge in [-0.1, -0.05) is 0 Å². The molecule has 0 radical (unpaired) electrons. The number of aldehydes is 1. The van der Waals surface area contributed by atoms with E-state index in [2.05, 4.69) is 0 Å². The summed E-state index contributed by atoms with van der Waals surface area (Å²) in [5, 5.41) is 0.921. The largest absolute Gasteiger partial charge is 0.486 e. The summed E-state index contributed by atoms with van der Waals surface area (Å²) in [6.45, 7) is 3.06. The van der Waals surface area contributed by atoms with E-state index in [0.29, 0.717) is 13.2 Å². The molecule has 0 bridgehead atoms. The Hall–Kier alpha value is -1.97. The maximum Gasteiger partial charge on any atom is 0.163 e. The number of hydrogen-bond donors (Lipinski definition) is 0. The van der Waals surface area contributed by atoms with Crippen LogP contribution in [-0.4, -0.2) is 24.1 Å². The number of aryl methyl sites for hydroxylation is 1. The summed E-state index contributed by atoms with van der Waals surface area (Å²) in [5.74, 6) is 1.47. The van der Waals surface area contributed by atoms with E-state index >= 15 is 0 Å². The smallest absolute Gasteiger partial charge is 0.163 e. The van der Waals surface area contributed by atoms with Crippen LogP contribution in [0.25, 0.3) is 10.9 Å². The topological polar surface area (TPSA) is 40.5 Å². The molecular formula is C13H13NO3. The van der Waals surface area contributed by atoms with Crippen LogP contribution in [0.15, 0.2) is 12.1 Å². The second kappa shape index (κ2) is 3.52. The highest BCUT2D eigenvalue weighted by Crippen LogP contribution is 2.37. The average molecular weight is 231 g/mol. The highest BCUT2D eigenvalue weighted by atomic mass is 16.6. The van der Waals surface area contributed by atoms with Gasteiger partial charge in [-0.25, -0.2) is 0 Å². The van der Waals surface area contributed by atoms with E-state index in [1.165, 1.54) is 0 Å². The van der Waals surface area contributed by atoms with E-state index in [4.69, 9.17) is 9.47 Å². The van der Waals surface area contributed by atoms with Gasteiger partial charge in [0.25, 0.3) is 0 Å². The van der Waals surface area contributed by atoms with Crippen LogP contribution in [0.2, 0.25) is 0 Å². The molecule has 2 aromatic rings. The lowest BCUT2D eigenvalue weighted by Gasteiger charge is -2.18. The summed E-state index contributed by atoms with van der Waals surface area (Å²) in [7, 11) is 1.95. The molecule has 3 rings (SSSR count). The van der Waals surface area contributed by atoms with Crippen molar-refractivity contribution in [2.45, 2.75) is 6.92 Å². The van der Waals surface area contributed by atoms with Gasteiger partial charge >= 0.3 is 0 Å². The van der Waals surface area contributed by atoms with Gasteiger partial charge in [0.1, 0.15) is 13.2 Å². The van der Waals surface area contributed by atoms with E-state index in [-0.39, 0.29) is 0 Å². The summed E-state index contributed by atoms with van der Waals surface area (Å²) < 4.78 is 13.1. The molecule has 0 saturated carbocycles. The molecule has 0 atom stereocenters. The fraction of sp³-hybridized carbons (Fsp3) is 0.308. The van der Waals surface area contributed by atoms with E-state index < -0.39 is 0 Å². The zero-order valence-electron chi connectivity index (χ0n) is 9.82. The van der Waals surface area contributed by atoms with Crippen molar-refractivity contribution < 1.29 is 14.3 Å². The van der Waals surface area contributed by atoms with Gasteiger partial charge in [-0.2, -0.15) is 0 Å². The molecule has 2 heterocycles. The fourth-order valence-electron chi connectivity index (χ4n) is 2.28. The van der Waals surface area contributed by atoms with Crippen molar-refractivity contribution in [1.29, 1.82) is 0 Å². The quantitative estimate of drug-likeness (QED) is 0.705. The van der Waals surface area contributed by atoms with Crippen LogP contribution in [0.1, 0.15) is 16.1 Å². The van der Waals surface area contributed by atoms with Crippen molar-refractivity contribution in [2.75, 3.05) is 13.2 Å². The normalized spacial score (nSPS) is 14.0. The standard InChI is InChI=1S/C13H13NO3/c1-8-10(7-15)9-5-12-13(17-4-3-16-12)6-11(9)14(8)2/h5-7H,3-4H2,1-2H3. The second-order valence-corrected chi connectivity index (χ2v) is 4.19. The summed E-state index contributed by atoms with van der Waals surface area (Å²) in [5.41, 5.74) is 2.67. The fourth-order valence-corrected chi connectivity index (χ4v) is 2.28. The molecule has 88 valence electrons. The third-order valence-electron chi connectivity index (χ3n) is 3.32. The third-order valence-corrected chi connectivity index (χ3v) is 3.32. The Labute approximate surface area is 98.7 Å². The van der Waals surface area contributed by atoms with Gasteiger partial charge in [-0.3, -0.25) is 4.79 Å². The maximum absolute atomic E-state index is 11.1. The molecule has 17 heavy (non-hydrogen) atoms. The third kappa shape index (κ3) is 1.33. The molecule has 0 aliphatic carbocycles. The molecule has 0 N–H and O–H groups in total. The summed E-state index contributed by atoms with van der Waals surface area (Å²) in [6.07, 6.45) is 0.897. The molecule has 0 spiro atoms. The Morgan fingerprint density at radius 1 is 1.24 bits per heavy atom. The van der Waals surface area contributed by atoms with E-state index in [0.717, 1.165) is 39.9 Å². The van der Waals surface area contributed by atoms with Crippen molar-refractivity contribution in [1.82, 2.24) is 4.57 Å². The zero-order chi connectivity index (χ0) is 12.0. The summed E-state index contributed by atoms with van der Waals surface area (Å²) in [6, 6.07) is 3.82. The Kier molecular flexibility index (Phi) is 2.11. The Morgan fingerprint density at radius 2 is 1.88 bits per heavy atom. The van der Waals surface area contributed by atoms with Gasteiger partial charge < -0.3 is 14.0 Å². The average Bonchev–Trinajstić information content (AvgIpc) is 2.59. The lowest BCUT2D eigenvalue weighted by molar-refractivity contribution is 0.112. The Morgan fingerprint density at radius 3 is 2.53 bits per heavy atom. The number of aromatic nitrogens is 1. The summed E-state index contributed by atoms with van der Waals surface area (Å²) >= 11 is 0. The van der Waals surface area contributed by atoms with Crippen molar-refractivity contribution in [3.8, 4) is 11.5 Å². The molecule has 1 aliphatic heterocycles. The van der Waals surface area contributed by atoms with Crippen molar-refractivity contribution in [3.05, 3.63) is 23.4 Å². The zero-order valence-corrected chi connectivity index (χ0v) is 9.82. The second-order valence-electron chi connectivity index (χ2n) is 4.19. The van der Waals surface area contributed by atoms with Gasteiger partial charge in [-0.05, 0) is 13.0 Å². The Balaban J connectivity index is 2.37. The first kappa shape index (κ1) is 10.2. The number of carbonyl (C=O) groups is 1. The predicted molar refractivity (Wildman–Crippen MR) is 64.0 cm³/mol. The molecule has 0 unspecified atom stereocenters. The highest BCUT2D eigenvalue weighted by molar-refractivity contribution is 6.00. The van der Waals surface area contributed by atoms with Crippen LogP contribution < -0.4 is 9.47 Å². The molecule has 1 aliphatic rings. The number of nitrogens with zero attached hydrogens (tertiary/aromatic N) is 1. The van der Waals surface area contributed by atoms with Crippen LogP contribution in [-0.2, 0) is 7.05 Å². The van der Waals surface area contributed by atoms with Crippen molar-refractivity contribution >= 4 is 17.2 Å². The number of carbonyl (C=O) groups excluding carboxylic acids is 1. The van der Waals surface area contributed by atoms with Crippen LogP contribution in [0, 0.1) is 6.92 Å². The highest BCUT2D eigenvalue weighted by Gasteiger charge is 2.18. The molecular weight excluding hydrogens is 218 g/mol. The SMILES string of the molecule is Cc1c(C=O)c2cc3c(cc2n1C)OCCO3. The van der Waals surface area contributed by atoms with Crippen LogP contribution in [0.5, 0.6) is 11.5 Å². The van der Waals surface area contributed by atoms with E-state index in [1.807, 2.05) is 30.7 Å². The molecule has 0 fully saturated rings. The molecule has 4 heteroatoms. The minimum atomic E-state index is 0.556. The first-order valence-electron chi connectivity index (χ1n) is 5.56. The van der Waals surface area contributed by atoms with Gasteiger partial charge in [0, 0.05) is 29.8 Å². The van der Waals surface area contributed by atoms with Crippen LogP contribution in [0.4, 0.5) is 0 Å². The van der Waals surface area contributed by atoms with E-state index in [1.54, 1.807) is 0 Å². The van der Waals surface area contributed by atoms with Crippen LogP contribution >= 0.6 is 0 Å². The lowest BCUT2D eigenvalue weighted by Crippen LogP contribution is -2.15. The predicted octanol–water partition coefficient (Wildman–Crippen LogP) is 2.07. The first-order valence-corrected chi connectivity index (χ1v) is 5.56. The number of fused-ring (bicyclic) bond motifs is 2. The monoisotopic (exact) mass is 231 g/mol. The maximum atomic E-state index is 11.1. The van der Waals surface area contributed by atoms with Gasteiger partial charge in [0.2, 0.25) is 0 Å². The minimum absolute atomic E-state index is 0.556. The number of hydrogen-bond acceptors (Lipinski definition) is 3. The molecule has 1 aromatic heterocycles. The first-order chi connectivity index (χ1) is 8.22. The number of rotatable bonds is 1. The molecule has 0 saturated heterocycles. The molecule has 1 aromatic carbocycles.